The molecule has 1 aliphatic rings. The minimum atomic E-state index is -0.509. The largest absolute Gasteiger partial charge is 0.361 e. The highest BCUT2D eigenvalue weighted by Crippen LogP contribution is 2.25. The van der Waals surface area contributed by atoms with Crippen LogP contribution in [0.25, 0.3) is 10.9 Å². The number of carbonyl (C=O) groups is 1. The number of aromatic nitrogens is 1. The number of fused-ring (bicyclic) bond motifs is 1. The Bertz CT molecular complexity index is 672. The van der Waals surface area contributed by atoms with Gasteiger partial charge in [0, 0.05) is 36.2 Å². The molecule has 1 heterocycles. The normalized spacial score (nSPS) is 14.7. The van der Waals surface area contributed by atoms with Crippen LogP contribution in [0.2, 0.25) is 0 Å². The summed E-state index contributed by atoms with van der Waals surface area (Å²) in [6.07, 6.45) is 5.09. The zero-order valence-corrected chi connectivity index (χ0v) is 16.2. The second kappa shape index (κ2) is 10.0. The quantitative estimate of drug-likeness (QED) is 0.652. The SMILES string of the molecule is CCN(CCNC(=O)[C@@H](N)Cc1c[nH]c2ccccc12)C1CC1.Cl.Cl. The van der Waals surface area contributed by atoms with Crippen molar-refractivity contribution >= 4 is 41.6 Å². The molecule has 7 heteroatoms. The molecule has 1 atom stereocenters. The highest BCUT2D eigenvalue weighted by molar-refractivity contribution is 5.86. The van der Waals surface area contributed by atoms with Crippen molar-refractivity contribution in [3.8, 4) is 0 Å². The zero-order chi connectivity index (χ0) is 16.2. The molecule has 1 aromatic heterocycles. The van der Waals surface area contributed by atoms with Crippen LogP contribution in [0.3, 0.4) is 0 Å². The van der Waals surface area contributed by atoms with E-state index in [1.165, 1.54) is 12.8 Å². The first-order valence-corrected chi connectivity index (χ1v) is 8.51. The molecule has 0 spiro atoms. The van der Waals surface area contributed by atoms with Crippen molar-refractivity contribution in [2.24, 2.45) is 5.73 Å². The van der Waals surface area contributed by atoms with Crippen LogP contribution in [0, 0.1) is 0 Å². The molecule has 5 nitrogen and oxygen atoms in total. The van der Waals surface area contributed by atoms with Crippen LogP contribution in [-0.2, 0) is 11.2 Å². The number of amides is 1. The number of likely N-dealkylation sites (N-methyl/N-ethyl adjacent to an activating group) is 1. The van der Waals surface area contributed by atoms with Gasteiger partial charge in [0.25, 0.3) is 0 Å². The van der Waals surface area contributed by atoms with E-state index in [9.17, 15) is 4.79 Å². The first-order chi connectivity index (χ1) is 11.2. The van der Waals surface area contributed by atoms with Crippen molar-refractivity contribution in [2.75, 3.05) is 19.6 Å². The van der Waals surface area contributed by atoms with E-state index < -0.39 is 6.04 Å². The van der Waals surface area contributed by atoms with Crippen molar-refractivity contribution < 1.29 is 4.79 Å². The number of carbonyl (C=O) groups excluding carboxylic acids is 1. The summed E-state index contributed by atoms with van der Waals surface area (Å²) in [5.41, 5.74) is 8.26. The van der Waals surface area contributed by atoms with Gasteiger partial charge < -0.3 is 16.0 Å². The number of nitrogens with two attached hydrogens (primary N) is 1. The fraction of sp³-hybridized carbons (Fsp3) is 0.500. The summed E-state index contributed by atoms with van der Waals surface area (Å²) < 4.78 is 0. The van der Waals surface area contributed by atoms with Gasteiger partial charge in [0.05, 0.1) is 6.04 Å². The molecule has 0 unspecified atom stereocenters. The fourth-order valence-corrected chi connectivity index (χ4v) is 3.12. The standard InChI is InChI=1S/C18H26N4O.2ClH/c1-2-22(14-7-8-14)10-9-20-18(23)16(19)11-13-12-21-17-6-4-3-5-15(13)17;;/h3-6,12,14,16,21H,2,7-11,19H2,1H3,(H,20,23);2*1H/t16-;;/m0../s1. The predicted octanol–water partition coefficient (Wildman–Crippen LogP) is 2.48. The lowest BCUT2D eigenvalue weighted by atomic mass is 10.1. The van der Waals surface area contributed by atoms with Crippen molar-refractivity contribution in [2.45, 2.75) is 38.3 Å². The van der Waals surface area contributed by atoms with Crippen LogP contribution in [0.1, 0.15) is 25.3 Å². The predicted molar refractivity (Wildman–Crippen MR) is 108 cm³/mol. The van der Waals surface area contributed by atoms with Gasteiger partial charge in [0.2, 0.25) is 5.91 Å². The summed E-state index contributed by atoms with van der Waals surface area (Å²) in [5, 5.41) is 4.11. The Morgan fingerprint density at radius 1 is 1.36 bits per heavy atom. The van der Waals surface area contributed by atoms with Crippen LogP contribution in [0.5, 0.6) is 0 Å². The summed E-state index contributed by atoms with van der Waals surface area (Å²) in [5.74, 6) is -0.0675. The summed E-state index contributed by atoms with van der Waals surface area (Å²) >= 11 is 0. The molecule has 1 amide bonds. The van der Waals surface area contributed by atoms with Gasteiger partial charge in [-0.15, -0.1) is 24.8 Å². The molecule has 1 aliphatic carbocycles. The number of nitrogens with one attached hydrogen (secondary N) is 2. The number of rotatable bonds is 8. The van der Waals surface area contributed by atoms with E-state index in [1.807, 2.05) is 24.4 Å². The molecule has 3 rings (SSSR count). The molecule has 0 aliphatic heterocycles. The van der Waals surface area contributed by atoms with Crippen LogP contribution in [0.4, 0.5) is 0 Å². The van der Waals surface area contributed by atoms with E-state index in [0.29, 0.717) is 13.0 Å². The second-order valence-corrected chi connectivity index (χ2v) is 6.32. The van der Waals surface area contributed by atoms with Gasteiger partial charge in [-0.3, -0.25) is 9.69 Å². The maximum atomic E-state index is 12.2. The molecular formula is C18H28Cl2N4O. The Kier molecular flexibility index (Phi) is 8.73. The van der Waals surface area contributed by atoms with E-state index in [4.69, 9.17) is 5.73 Å². The molecule has 2 aromatic rings. The highest BCUT2D eigenvalue weighted by atomic mass is 35.5. The Hall–Kier alpha value is -1.27. The second-order valence-electron chi connectivity index (χ2n) is 6.32. The molecule has 140 valence electrons. The van der Waals surface area contributed by atoms with Gasteiger partial charge in [-0.25, -0.2) is 0 Å². The van der Waals surface area contributed by atoms with Gasteiger partial charge in [-0.1, -0.05) is 25.1 Å². The zero-order valence-electron chi connectivity index (χ0n) is 14.5. The number of nitrogens with zero attached hydrogens (tertiary/aromatic N) is 1. The third-order valence-electron chi connectivity index (χ3n) is 4.62. The summed E-state index contributed by atoms with van der Waals surface area (Å²) in [6.45, 7) is 4.79. The van der Waals surface area contributed by atoms with Gasteiger partial charge in [0.15, 0.2) is 0 Å². The first kappa shape index (κ1) is 21.8. The molecule has 0 saturated heterocycles. The summed E-state index contributed by atoms with van der Waals surface area (Å²) in [6, 6.07) is 8.31. The first-order valence-electron chi connectivity index (χ1n) is 8.51. The Balaban J connectivity index is 0.00000156. The summed E-state index contributed by atoms with van der Waals surface area (Å²) in [7, 11) is 0. The van der Waals surface area contributed by atoms with E-state index in [-0.39, 0.29) is 30.7 Å². The van der Waals surface area contributed by atoms with Gasteiger partial charge >= 0.3 is 0 Å². The number of H-pyrrole nitrogens is 1. The van der Waals surface area contributed by atoms with Crippen LogP contribution >= 0.6 is 24.8 Å². The average molecular weight is 387 g/mol. The fourth-order valence-electron chi connectivity index (χ4n) is 3.12. The number of benzene rings is 1. The van der Waals surface area contributed by atoms with E-state index in [0.717, 1.165) is 35.6 Å². The van der Waals surface area contributed by atoms with E-state index in [2.05, 4.69) is 28.2 Å². The van der Waals surface area contributed by atoms with E-state index in [1.54, 1.807) is 0 Å². The smallest absolute Gasteiger partial charge is 0.237 e. The maximum absolute atomic E-state index is 12.2. The van der Waals surface area contributed by atoms with Crippen molar-refractivity contribution in [3.63, 3.8) is 0 Å². The number of hydrogen-bond donors (Lipinski definition) is 3. The average Bonchev–Trinajstić information content (AvgIpc) is 3.33. The topological polar surface area (TPSA) is 74.2 Å². The lowest BCUT2D eigenvalue weighted by molar-refractivity contribution is -0.122. The highest BCUT2D eigenvalue weighted by Gasteiger charge is 2.27. The van der Waals surface area contributed by atoms with Crippen molar-refractivity contribution in [1.29, 1.82) is 0 Å². The lowest BCUT2D eigenvalue weighted by Gasteiger charge is -2.20. The third-order valence-corrected chi connectivity index (χ3v) is 4.62. The molecule has 4 N–H and O–H groups in total. The Morgan fingerprint density at radius 2 is 2.08 bits per heavy atom. The minimum Gasteiger partial charge on any atom is -0.361 e. The molecule has 1 aromatic carbocycles. The van der Waals surface area contributed by atoms with Gasteiger partial charge in [-0.2, -0.15) is 0 Å². The Labute approximate surface area is 161 Å². The minimum absolute atomic E-state index is 0. The number of aromatic amines is 1. The molecule has 1 saturated carbocycles. The van der Waals surface area contributed by atoms with Crippen LogP contribution in [0.15, 0.2) is 30.5 Å². The number of hydrogen-bond acceptors (Lipinski definition) is 3. The van der Waals surface area contributed by atoms with Crippen LogP contribution < -0.4 is 11.1 Å². The number of halogens is 2. The monoisotopic (exact) mass is 386 g/mol. The maximum Gasteiger partial charge on any atom is 0.237 e. The molecule has 0 radical (unpaired) electrons. The lowest BCUT2D eigenvalue weighted by Crippen LogP contribution is -2.44. The molecule has 25 heavy (non-hydrogen) atoms. The van der Waals surface area contributed by atoms with Gasteiger partial charge in [0.1, 0.15) is 0 Å². The molecular weight excluding hydrogens is 359 g/mol. The Morgan fingerprint density at radius 3 is 2.76 bits per heavy atom. The van der Waals surface area contributed by atoms with Crippen LogP contribution in [-0.4, -0.2) is 47.5 Å². The molecule has 1 fully saturated rings. The van der Waals surface area contributed by atoms with Crippen molar-refractivity contribution in [3.05, 3.63) is 36.0 Å². The van der Waals surface area contributed by atoms with Crippen molar-refractivity contribution in [1.82, 2.24) is 15.2 Å². The third kappa shape index (κ3) is 5.61. The summed E-state index contributed by atoms with van der Waals surface area (Å²) in [4.78, 5) is 17.8. The number of para-hydroxylation sites is 1. The van der Waals surface area contributed by atoms with Gasteiger partial charge in [-0.05, 0) is 37.4 Å². The van der Waals surface area contributed by atoms with E-state index >= 15 is 0 Å². The molecule has 0 bridgehead atoms.